The van der Waals surface area contributed by atoms with Crippen LogP contribution in [0.1, 0.15) is 48.5 Å². The van der Waals surface area contributed by atoms with Crippen LogP contribution in [0.15, 0.2) is 48.5 Å². The third kappa shape index (κ3) is 10.0. The molecular weight excluding hydrogens is 232 g/mol. The molecule has 19 heavy (non-hydrogen) atoms. The minimum absolute atomic E-state index is 0. The number of hydrogen-bond acceptors (Lipinski definition) is 1. The Morgan fingerprint density at radius 1 is 0.842 bits per heavy atom. The summed E-state index contributed by atoms with van der Waals surface area (Å²) in [6, 6.07) is 16.7. The molecule has 0 heterocycles. The molecule has 108 valence electrons. The van der Waals surface area contributed by atoms with Crippen LogP contribution in [0.2, 0.25) is 0 Å². The Hall–Kier alpha value is -1.63. The monoisotopic (exact) mass is 262 g/mol. The summed E-state index contributed by atoms with van der Waals surface area (Å²) >= 11 is 0. The Morgan fingerprint density at radius 2 is 1.16 bits per heavy atom. The van der Waals surface area contributed by atoms with Crippen LogP contribution in [0.4, 0.5) is 0 Å². The molecular formula is C18H30O. The van der Waals surface area contributed by atoms with Gasteiger partial charge in [0.1, 0.15) is 6.29 Å². The molecule has 0 saturated carbocycles. The Labute approximate surface area is 119 Å². The van der Waals surface area contributed by atoms with Crippen LogP contribution in [0.3, 0.4) is 0 Å². The molecule has 0 bridgehead atoms. The van der Waals surface area contributed by atoms with E-state index in [-0.39, 0.29) is 14.9 Å². The van der Waals surface area contributed by atoms with Gasteiger partial charge in [-0.2, -0.15) is 0 Å². The lowest BCUT2D eigenvalue weighted by molar-refractivity contribution is -0.107. The first-order valence-corrected chi connectivity index (χ1v) is 6.26. The molecule has 1 heteroatoms. The predicted molar refractivity (Wildman–Crippen MR) is 89.7 cm³/mol. The first kappa shape index (κ1) is 22.5. The highest BCUT2D eigenvalue weighted by molar-refractivity contribution is 5.81. The number of benzene rings is 2. The average molecular weight is 262 g/mol. The highest BCUT2D eigenvalue weighted by Crippen LogP contribution is 2.11. The van der Waals surface area contributed by atoms with E-state index < -0.39 is 0 Å². The first-order chi connectivity index (χ1) is 8.38. The van der Waals surface area contributed by atoms with Gasteiger partial charge in [0.25, 0.3) is 0 Å². The maximum atomic E-state index is 9.40. The second-order valence-electron chi connectivity index (χ2n) is 3.30. The van der Waals surface area contributed by atoms with Crippen molar-refractivity contribution in [2.75, 3.05) is 0 Å². The Bertz CT molecular complexity index is 342. The Kier molecular flexibility index (Phi) is 19.4. The summed E-state index contributed by atoms with van der Waals surface area (Å²) in [5.41, 5.74) is 0. The molecule has 0 saturated heterocycles. The normalized spacial score (nSPS) is 7.53. The number of rotatable bonds is 2. The SMILES string of the molecule is C.C.CC.CCCC=O.c1ccc2ccccc2c1. The van der Waals surface area contributed by atoms with E-state index in [1.165, 1.54) is 10.8 Å². The second-order valence-corrected chi connectivity index (χ2v) is 3.30. The fraction of sp³-hybridized carbons (Fsp3) is 0.389. The van der Waals surface area contributed by atoms with Gasteiger partial charge in [-0.15, -0.1) is 0 Å². The summed E-state index contributed by atoms with van der Waals surface area (Å²) < 4.78 is 0. The number of aldehydes is 1. The average Bonchev–Trinajstić information content (AvgIpc) is 2.43. The van der Waals surface area contributed by atoms with Crippen molar-refractivity contribution < 1.29 is 4.79 Å². The fourth-order valence-corrected chi connectivity index (χ4v) is 1.25. The molecule has 0 atom stereocenters. The molecule has 2 aromatic carbocycles. The molecule has 0 amide bonds. The highest BCUT2D eigenvalue weighted by atomic mass is 16.1. The molecule has 0 aliphatic carbocycles. The lowest BCUT2D eigenvalue weighted by Gasteiger charge is -1.92. The van der Waals surface area contributed by atoms with Gasteiger partial charge in [-0.3, -0.25) is 0 Å². The largest absolute Gasteiger partial charge is 0.303 e. The summed E-state index contributed by atoms with van der Waals surface area (Å²) in [5, 5.41) is 2.62. The zero-order chi connectivity index (χ0) is 12.9. The zero-order valence-electron chi connectivity index (χ0n) is 11.0. The topological polar surface area (TPSA) is 17.1 Å². The van der Waals surface area contributed by atoms with Crippen LogP contribution >= 0.6 is 0 Å². The molecule has 0 radical (unpaired) electrons. The molecule has 0 aliphatic rings. The van der Waals surface area contributed by atoms with Crippen LogP contribution in [0.5, 0.6) is 0 Å². The van der Waals surface area contributed by atoms with E-state index in [2.05, 4.69) is 48.5 Å². The van der Waals surface area contributed by atoms with Crippen molar-refractivity contribution in [2.24, 2.45) is 0 Å². The third-order valence-corrected chi connectivity index (χ3v) is 2.07. The van der Waals surface area contributed by atoms with Crippen LogP contribution in [0, 0.1) is 0 Å². The van der Waals surface area contributed by atoms with Gasteiger partial charge in [-0.05, 0) is 17.2 Å². The molecule has 1 nitrogen and oxygen atoms in total. The van der Waals surface area contributed by atoms with Gasteiger partial charge < -0.3 is 4.79 Å². The minimum Gasteiger partial charge on any atom is -0.303 e. The first-order valence-electron chi connectivity index (χ1n) is 6.26. The van der Waals surface area contributed by atoms with E-state index in [4.69, 9.17) is 0 Å². The predicted octanol–water partition coefficient (Wildman–Crippen LogP) is 6.12. The van der Waals surface area contributed by atoms with Gasteiger partial charge in [-0.25, -0.2) is 0 Å². The van der Waals surface area contributed by atoms with E-state index in [9.17, 15) is 4.79 Å². The van der Waals surface area contributed by atoms with E-state index in [0.717, 1.165) is 12.7 Å². The molecule has 0 aromatic heterocycles. The lowest BCUT2D eigenvalue weighted by Crippen LogP contribution is -1.67. The molecule has 0 aliphatic heterocycles. The number of fused-ring (bicyclic) bond motifs is 1. The van der Waals surface area contributed by atoms with E-state index in [1.807, 2.05) is 20.8 Å². The maximum absolute atomic E-state index is 9.40. The minimum atomic E-state index is 0. The fourth-order valence-electron chi connectivity index (χ4n) is 1.25. The molecule has 0 fully saturated rings. The smallest absolute Gasteiger partial charge is 0.119 e. The molecule has 0 unspecified atom stereocenters. The summed E-state index contributed by atoms with van der Waals surface area (Å²) in [5.74, 6) is 0. The van der Waals surface area contributed by atoms with Crippen molar-refractivity contribution in [1.82, 2.24) is 0 Å². The standard InChI is InChI=1S/C10H8.C4H8O.C2H6.2CH4/c1-2-6-10-8-4-3-7-9(10)5-1;1-2-3-4-5;1-2;;/h1-8H;4H,2-3H2,1H3;1-2H3;2*1H4. The maximum Gasteiger partial charge on any atom is 0.119 e. The van der Waals surface area contributed by atoms with Crippen molar-refractivity contribution in [3.63, 3.8) is 0 Å². The van der Waals surface area contributed by atoms with Crippen LogP contribution in [-0.4, -0.2) is 6.29 Å². The van der Waals surface area contributed by atoms with Gasteiger partial charge in [-0.1, -0.05) is 84.2 Å². The van der Waals surface area contributed by atoms with Gasteiger partial charge in [0, 0.05) is 6.42 Å². The number of hydrogen-bond donors (Lipinski definition) is 0. The van der Waals surface area contributed by atoms with E-state index in [0.29, 0.717) is 6.42 Å². The number of carbonyl (C=O) groups is 1. The second kappa shape index (κ2) is 16.4. The van der Waals surface area contributed by atoms with Crippen molar-refractivity contribution in [1.29, 1.82) is 0 Å². The van der Waals surface area contributed by atoms with Gasteiger partial charge in [0.15, 0.2) is 0 Å². The molecule has 0 spiro atoms. The van der Waals surface area contributed by atoms with Crippen molar-refractivity contribution in [3.05, 3.63) is 48.5 Å². The quantitative estimate of drug-likeness (QED) is 0.595. The van der Waals surface area contributed by atoms with Gasteiger partial charge in [0.2, 0.25) is 0 Å². The number of carbonyl (C=O) groups excluding carboxylic acids is 1. The molecule has 2 aromatic rings. The zero-order valence-corrected chi connectivity index (χ0v) is 11.0. The third-order valence-electron chi connectivity index (χ3n) is 2.07. The Balaban J connectivity index is -0.000000251. The van der Waals surface area contributed by atoms with E-state index >= 15 is 0 Å². The van der Waals surface area contributed by atoms with Crippen LogP contribution in [0.25, 0.3) is 10.8 Å². The highest BCUT2D eigenvalue weighted by Gasteiger charge is 1.85. The van der Waals surface area contributed by atoms with Crippen molar-refractivity contribution >= 4 is 17.1 Å². The number of unbranched alkanes of at least 4 members (excludes halogenated alkanes) is 1. The summed E-state index contributed by atoms with van der Waals surface area (Å²) in [4.78, 5) is 9.40. The van der Waals surface area contributed by atoms with Gasteiger partial charge in [0.05, 0.1) is 0 Å². The van der Waals surface area contributed by atoms with Crippen LogP contribution in [-0.2, 0) is 4.79 Å². The van der Waals surface area contributed by atoms with Crippen molar-refractivity contribution in [3.8, 4) is 0 Å². The lowest BCUT2D eigenvalue weighted by atomic mass is 10.1. The van der Waals surface area contributed by atoms with Crippen LogP contribution < -0.4 is 0 Å². The van der Waals surface area contributed by atoms with Gasteiger partial charge >= 0.3 is 0 Å². The summed E-state index contributed by atoms with van der Waals surface area (Å²) in [6.07, 6.45) is 2.61. The molecule has 2 rings (SSSR count). The summed E-state index contributed by atoms with van der Waals surface area (Å²) in [7, 11) is 0. The summed E-state index contributed by atoms with van der Waals surface area (Å²) in [6.45, 7) is 5.98. The van der Waals surface area contributed by atoms with Crippen molar-refractivity contribution in [2.45, 2.75) is 48.5 Å². The van der Waals surface area contributed by atoms with E-state index in [1.54, 1.807) is 0 Å². The molecule has 0 N–H and O–H groups in total. The Morgan fingerprint density at radius 3 is 1.32 bits per heavy atom.